The third kappa shape index (κ3) is 7.69. The zero-order valence-corrected chi connectivity index (χ0v) is 19.3. The van der Waals surface area contributed by atoms with Gasteiger partial charge in [-0.1, -0.05) is 25.4 Å². The summed E-state index contributed by atoms with van der Waals surface area (Å²) >= 11 is 5.88. The Kier molecular flexibility index (Phi) is 10.2. The van der Waals surface area contributed by atoms with Crippen LogP contribution in [0, 0.1) is 5.82 Å². The molecule has 0 saturated heterocycles. The van der Waals surface area contributed by atoms with Gasteiger partial charge in [0.15, 0.2) is 11.5 Å². The standard InChI is InChI=1S/C23H29ClFN3O4/c1-4-28(5-2)12-13-32-21-15-17(7-9-20(21)31-3)27-22(29)10-11-26-23(30)18-8-6-16(25)14-19(18)24/h6-9,14-15H,4-5,10-13H2,1-3H3,(H,26,30)(H,27,29). The first-order chi connectivity index (χ1) is 15.4. The van der Waals surface area contributed by atoms with Crippen LogP contribution in [0.1, 0.15) is 30.6 Å². The molecule has 0 heterocycles. The summed E-state index contributed by atoms with van der Waals surface area (Å²) in [6, 6.07) is 8.65. The molecule has 0 aliphatic rings. The van der Waals surface area contributed by atoms with Crippen LogP contribution in [-0.4, -0.2) is 56.6 Å². The van der Waals surface area contributed by atoms with Gasteiger partial charge in [0.25, 0.3) is 5.91 Å². The third-order valence-corrected chi connectivity index (χ3v) is 5.13. The van der Waals surface area contributed by atoms with Gasteiger partial charge in [0, 0.05) is 31.3 Å². The fraction of sp³-hybridized carbons (Fsp3) is 0.391. The minimum Gasteiger partial charge on any atom is -0.493 e. The number of amides is 2. The minimum absolute atomic E-state index is 0.0127. The van der Waals surface area contributed by atoms with Gasteiger partial charge in [-0.25, -0.2) is 4.39 Å². The van der Waals surface area contributed by atoms with Crippen molar-refractivity contribution >= 4 is 29.1 Å². The predicted molar refractivity (Wildman–Crippen MR) is 123 cm³/mol. The lowest BCUT2D eigenvalue weighted by Gasteiger charge is -2.19. The molecule has 0 bridgehead atoms. The number of nitrogens with zero attached hydrogens (tertiary/aromatic N) is 1. The number of ether oxygens (including phenoxy) is 2. The number of halogens is 2. The van der Waals surface area contributed by atoms with E-state index in [-0.39, 0.29) is 29.5 Å². The highest BCUT2D eigenvalue weighted by Crippen LogP contribution is 2.30. The second-order valence-electron chi connectivity index (χ2n) is 6.92. The van der Waals surface area contributed by atoms with Crippen molar-refractivity contribution in [2.45, 2.75) is 20.3 Å². The summed E-state index contributed by atoms with van der Waals surface area (Å²) in [6.45, 7) is 7.45. The van der Waals surface area contributed by atoms with Crippen LogP contribution in [0.15, 0.2) is 36.4 Å². The van der Waals surface area contributed by atoms with Gasteiger partial charge in [-0.05, 0) is 43.4 Å². The summed E-state index contributed by atoms with van der Waals surface area (Å²) in [5, 5.41) is 5.39. The third-order valence-electron chi connectivity index (χ3n) is 4.82. The quantitative estimate of drug-likeness (QED) is 0.496. The fourth-order valence-corrected chi connectivity index (χ4v) is 3.23. The van der Waals surface area contributed by atoms with Gasteiger partial charge in [-0.3, -0.25) is 9.59 Å². The molecule has 2 aromatic carbocycles. The van der Waals surface area contributed by atoms with Crippen LogP contribution < -0.4 is 20.1 Å². The van der Waals surface area contributed by atoms with Crippen molar-refractivity contribution < 1.29 is 23.5 Å². The van der Waals surface area contributed by atoms with Crippen LogP contribution in [0.2, 0.25) is 5.02 Å². The van der Waals surface area contributed by atoms with Gasteiger partial charge in [0.05, 0.1) is 17.7 Å². The van der Waals surface area contributed by atoms with Crippen molar-refractivity contribution in [3.8, 4) is 11.5 Å². The van der Waals surface area contributed by atoms with Crippen LogP contribution in [-0.2, 0) is 4.79 Å². The Bertz CT molecular complexity index is 922. The van der Waals surface area contributed by atoms with E-state index in [1.54, 1.807) is 25.3 Å². The highest BCUT2D eigenvalue weighted by Gasteiger charge is 2.12. The van der Waals surface area contributed by atoms with Crippen molar-refractivity contribution in [1.82, 2.24) is 10.2 Å². The molecule has 2 rings (SSSR count). The topological polar surface area (TPSA) is 79.9 Å². The van der Waals surface area contributed by atoms with Crippen LogP contribution in [0.4, 0.5) is 10.1 Å². The van der Waals surface area contributed by atoms with E-state index >= 15 is 0 Å². The molecular formula is C23H29ClFN3O4. The molecule has 9 heteroatoms. The SMILES string of the molecule is CCN(CC)CCOc1cc(NC(=O)CCNC(=O)c2ccc(F)cc2Cl)ccc1OC. The van der Waals surface area contributed by atoms with Crippen LogP contribution in [0.25, 0.3) is 0 Å². The van der Waals surface area contributed by atoms with Gasteiger partial charge < -0.3 is 25.0 Å². The zero-order valence-electron chi connectivity index (χ0n) is 18.5. The maximum atomic E-state index is 13.1. The molecule has 2 amide bonds. The average molecular weight is 466 g/mol. The first-order valence-corrected chi connectivity index (χ1v) is 10.8. The summed E-state index contributed by atoms with van der Waals surface area (Å²) in [5.74, 6) is -0.171. The molecule has 0 radical (unpaired) electrons. The molecule has 2 N–H and O–H groups in total. The van der Waals surface area contributed by atoms with Gasteiger partial charge in [-0.15, -0.1) is 0 Å². The highest BCUT2D eigenvalue weighted by atomic mass is 35.5. The molecule has 0 spiro atoms. The maximum absolute atomic E-state index is 13.1. The van der Waals surface area contributed by atoms with Crippen molar-refractivity contribution in [2.75, 3.05) is 45.2 Å². The molecular weight excluding hydrogens is 437 g/mol. The molecule has 0 aromatic heterocycles. The van der Waals surface area contributed by atoms with E-state index in [9.17, 15) is 14.0 Å². The lowest BCUT2D eigenvalue weighted by molar-refractivity contribution is -0.116. The van der Waals surface area contributed by atoms with E-state index < -0.39 is 11.7 Å². The van der Waals surface area contributed by atoms with E-state index in [0.29, 0.717) is 23.8 Å². The first kappa shape index (κ1) is 25.4. The average Bonchev–Trinajstić information content (AvgIpc) is 2.76. The van der Waals surface area contributed by atoms with Crippen molar-refractivity contribution in [1.29, 1.82) is 0 Å². The Morgan fingerprint density at radius 2 is 1.84 bits per heavy atom. The number of hydrogen-bond donors (Lipinski definition) is 2. The largest absolute Gasteiger partial charge is 0.493 e. The van der Waals surface area contributed by atoms with Gasteiger partial charge in [0.2, 0.25) is 5.91 Å². The van der Waals surface area contributed by atoms with E-state index in [4.69, 9.17) is 21.1 Å². The molecule has 32 heavy (non-hydrogen) atoms. The molecule has 174 valence electrons. The van der Waals surface area contributed by atoms with Crippen molar-refractivity contribution in [3.05, 3.63) is 52.8 Å². The number of anilines is 1. The smallest absolute Gasteiger partial charge is 0.252 e. The summed E-state index contributed by atoms with van der Waals surface area (Å²) in [5.41, 5.74) is 0.705. The van der Waals surface area contributed by atoms with E-state index in [1.165, 1.54) is 6.07 Å². The van der Waals surface area contributed by atoms with Gasteiger partial charge in [-0.2, -0.15) is 0 Å². The molecule has 0 unspecified atom stereocenters. The van der Waals surface area contributed by atoms with Crippen LogP contribution in [0.5, 0.6) is 11.5 Å². The monoisotopic (exact) mass is 465 g/mol. The number of carbonyl (C=O) groups excluding carboxylic acids is 2. The maximum Gasteiger partial charge on any atom is 0.252 e. The van der Waals surface area contributed by atoms with Crippen molar-refractivity contribution in [2.24, 2.45) is 0 Å². The number of benzene rings is 2. The lowest BCUT2D eigenvalue weighted by Crippen LogP contribution is -2.28. The molecule has 0 atom stereocenters. The number of rotatable bonds is 12. The Hall–Kier alpha value is -2.84. The summed E-state index contributed by atoms with van der Waals surface area (Å²) in [4.78, 5) is 26.7. The number of carbonyl (C=O) groups is 2. The Morgan fingerprint density at radius 3 is 2.50 bits per heavy atom. The lowest BCUT2D eigenvalue weighted by atomic mass is 10.2. The van der Waals surface area contributed by atoms with Gasteiger partial charge >= 0.3 is 0 Å². The summed E-state index contributed by atoms with van der Waals surface area (Å²) in [6.07, 6.45) is 0.0503. The fourth-order valence-electron chi connectivity index (χ4n) is 2.97. The second kappa shape index (κ2) is 12.9. The minimum atomic E-state index is -0.526. The summed E-state index contributed by atoms with van der Waals surface area (Å²) < 4.78 is 24.3. The van der Waals surface area contributed by atoms with Gasteiger partial charge in [0.1, 0.15) is 12.4 Å². The highest BCUT2D eigenvalue weighted by molar-refractivity contribution is 6.33. The Balaban J connectivity index is 1.87. The van der Waals surface area contributed by atoms with E-state index in [2.05, 4.69) is 29.4 Å². The van der Waals surface area contributed by atoms with Crippen molar-refractivity contribution in [3.63, 3.8) is 0 Å². The molecule has 0 saturated carbocycles. The second-order valence-corrected chi connectivity index (χ2v) is 7.33. The van der Waals surface area contributed by atoms with Crippen LogP contribution >= 0.6 is 11.6 Å². The first-order valence-electron chi connectivity index (χ1n) is 10.4. The predicted octanol–water partition coefficient (Wildman–Crippen LogP) is 3.97. The Labute approximate surface area is 192 Å². The molecule has 0 aliphatic heterocycles. The normalized spacial score (nSPS) is 10.7. The molecule has 0 aliphatic carbocycles. The molecule has 2 aromatic rings. The van der Waals surface area contributed by atoms with Crippen LogP contribution in [0.3, 0.4) is 0 Å². The van der Waals surface area contributed by atoms with E-state index in [1.807, 2.05) is 0 Å². The zero-order chi connectivity index (χ0) is 23.5. The summed E-state index contributed by atoms with van der Waals surface area (Å²) in [7, 11) is 1.56. The number of hydrogen-bond acceptors (Lipinski definition) is 5. The Morgan fingerprint density at radius 1 is 1.09 bits per heavy atom. The number of likely N-dealkylation sites (N-methyl/N-ethyl adjacent to an activating group) is 1. The molecule has 0 fully saturated rings. The molecule has 7 nitrogen and oxygen atoms in total. The number of methoxy groups -OCH3 is 1. The number of nitrogens with one attached hydrogen (secondary N) is 2. The van der Waals surface area contributed by atoms with E-state index in [0.717, 1.165) is 31.8 Å².